The molecule has 1 unspecified atom stereocenters. The van der Waals surface area contributed by atoms with Gasteiger partial charge in [-0.1, -0.05) is 6.07 Å². The van der Waals surface area contributed by atoms with E-state index >= 15 is 0 Å². The number of fused-ring (bicyclic) bond motifs is 1. The number of aromatic nitrogens is 3. The van der Waals surface area contributed by atoms with E-state index in [9.17, 15) is 0 Å². The standard InChI is InChI=1S/C17H27N7/c1-4-18-17(19-11-14(23(2)3)13-8-9-13)20-12-16-22-21-15-7-5-6-10-24(15)16/h5-7,10,13-14H,4,8-9,11-12H2,1-3H3,(H2,18,19,20). The third-order valence-electron chi connectivity index (χ3n) is 4.42. The largest absolute Gasteiger partial charge is 0.357 e. The minimum absolute atomic E-state index is 0.497. The molecule has 1 aliphatic carbocycles. The lowest BCUT2D eigenvalue weighted by molar-refractivity contribution is 0.264. The predicted molar refractivity (Wildman–Crippen MR) is 96.0 cm³/mol. The highest BCUT2D eigenvalue weighted by atomic mass is 15.3. The van der Waals surface area contributed by atoms with Crippen LogP contribution in [0.1, 0.15) is 25.6 Å². The van der Waals surface area contributed by atoms with Crippen molar-refractivity contribution in [1.29, 1.82) is 0 Å². The van der Waals surface area contributed by atoms with Crippen molar-refractivity contribution < 1.29 is 0 Å². The van der Waals surface area contributed by atoms with Gasteiger partial charge in [-0.05, 0) is 51.9 Å². The molecule has 1 aliphatic rings. The third kappa shape index (κ3) is 4.03. The molecule has 0 saturated heterocycles. The summed E-state index contributed by atoms with van der Waals surface area (Å²) < 4.78 is 1.97. The predicted octanol–water partition coefficient (Wildman–Crippen LogP) is 1.12. The number of pyridine rings is 1. The zero-order chi connectivity index (χ0) is 16.9. The number of hydrogen-bond donors (Lipinski definition) is 2. The van der Waals surface area contributed by atoms with E-state index < -0.39 is 0 Å². The zero-order valence-corrected chi connectivity index (χ0v) is 14.7. The first-order valence-corrected chi connectivity index (χ1v) is 8.66. The smallest absolute Gasteiger partial charge is 0.191 e. The second kappa shape index (κ2) is 7.61. The van der Waals surface area contributed by atoms with Gasteiger partial charge in [0.1, 0.15) is 6.54 Å². The maximum Gasteiger partial charge on any atom is 0.191 e. The van der Waals surface area contributed by atoms with E-state index in [1.54, 1.807) is 0 Å². The second-order valence-corrected chi connectivity index (χ2v) is 6.49. The van der Waals surface area contributed by atoms with Gasteiger partial charge < -0.3 is 15.5 Å². The van der Waals surface area contributed by atoms with Crippen LogP contribution < -0.4 is 10.6 Å². The summed E-state index contributed by atoms with van der Waals surface area (Å²) in [4.78, 5) is 6.98. The molecule has 2 N–H and O–H groups in total. The van der Waals surface area contributed by atoms with E-state index in [4.69, 9.17) is 0 Å². The number of aliphatic imine (C=N–C) groups is 1. The van der Waals surface area contributed by atoms with Gasteiger partial charge in [-0.15, -0.1) is 10.2 Å². The van der Waals surface area contributed by atoms with Gasteiger partial charge in [0, 0.05) is 25.3 Å². The van der Waals surface area contributed by atoms with Gasteiger partial charge in [0.15, 0.2) is 17.4 Å². The molecule has 2 aromatic heterocycles. The molecule has 7 nitrogen and oxygen atoms in total. The Kier molecular flexibility index (Phi) is 5.30. The highest BCUT2D eigenvalue weighted by molar-refractivity contribution is 5.79. The summed E-state index contributed by atoms with van der Waals surface area (Å²) in [6.45, 7) is 4.32. The van der Waals surface area contributed by atoms with E-state index in [0.717, 1.165) is 36.4 Å². The van der Waals surface area contributed by atoms with Gasteiger partial charge in [-0.3, -0.25) is 4.40 Å². The minimum atomic E-state index is 0.497. The molecule has 0 aliphatic heterocycles. The Labute approximate surface area is 143 Å². The van der Waals surface area contributed by atoms with Crippen molar-refractivity contribution in [3.05, 3.63) is 30.2 Å². The van der Waals surface area contributed by atoms with Crippen molar-refractivity contribution in [3.8, 4) is 0 Å². The molecule has 1 atom stereocenters. The Balaban J connectivity index is 1.64. The second-order valence-electron chi connectivity index (χ2n) is 6.49. The van der Waals surface area contributed by atoms with E-state index in [0.29, 0.717) is 12.6 Å². The highest BCUT2D eigenvalue weighted by Gasteiger charge is 2.32. The monoisotopic (exact) mass is 329 g/mol. The van der Waals surface area contributed by atoms with Crippen LogP contribution in [-0.4, -0.2) is 58.7 Å². The molecule has 1 saturated carbocycles. The Hall–Kier alpha value is -2.15. The van der Waals surface area contributed by atoms with Crippen LogP contribution in [0.25, 0.3) is 5.65 Å². The average molecular weight is 329 g/mol. The Morgan fingerprint density at radius 3 is 2.88 bits per heavy atom. The number of likely N-dealkylation sites (N-methyl/N-ethyl adjacent to an activating group) is 1. The van der Waals surface area contributed by atoms with E-state index in [1.165, 1.54) is 12.8 Å². The summed E-state index contributed by atoms with van der Waals surface area (Å²) >= 11 is 0. The van der Waals surface area contributed by atoms with Crippen LogP contribution in [-0.2, 0) is 6.54 Å². The van der Waals surface area contributed by atoms with Crippen LogP contribution in [0.4, 0.5) is 0 Å². The summed E-state index contributed by atoms with van der Waals surface area (Å²) in [6.07, 6.45) is 4.64. The Bertz CT molecular complexity index is 685. The molecule has 7 heteroatoms. The van der Waals surface area contributed by atoms with E-state index in [2.05, 4.69) is 51.7 Å². The normalized spacial score (nSPS) is 16.6. The van der Waals surface area contributed by atoms with Crippen LogP contribution in [0.2, 0.25) is 0 Å². The fraction of sp³-hybridized carbons (Fsp3) is 0.588. The summed E-state index contributed by atoms with van der Waals surface area (Å²) in [5.74, 6) is 2.49. The number of hydrogen-bond acceptors (Lipinski definition) is 4. The summed E-state index contributed by atoms with van der Waals surface area (Å²) in [5.41, 5.74) is 0.849. The van der Waals surface area contributed by atoms with Gasteiger partial charge in [0.25, 0.3) is 0 Å². The van der Waals surface area contributed by atoms with Crippen LogP contribution in [0, 0.1) is 5.92 Å². The quantitative estimate of drug-likeness (QED) is 0.588. The maximum atomic E-state index is 4.67. The summed E-state index contributed by atoms with van der Waals surface area (Å²) in [5, 5.41) is 15.2. The van der Waals surface area contributed by atoms with Gasteiger partial charge in [0.2, 0.25) is 0 Å². The zero-order valence-electron chi connectivity index (χ0n) is 14.7. The SMILES string of the molecule is CCNC(=NCc1nnc2ccccn12)NCC(C1CC1)N(C)C. The van der Waals surface area contributed by atoms with Crippen LogP contribution in [0.3, 0.4) is 0 Å². The Morgan fingerprint density at radius 2 is 2.17 bits per heavy atom. The average Bonchev–Trinajstić information content (AvgIpc) is 3.32. The van der Waals surface area contributed by atoms with Crippen molar-refractivity contribution in [2.45, 2.75) is 32.4 Å². The number of guanidine groups is 1. The fourth-order valence-electron chi connectivity index (χ4n) is 2.94. The molecule has 0 radical (unpaired) electrons. The molecule has 0 spiro atoms. The molecule has 2 heterocycles. The first-order chi connectivity index (χ1) is 11.7. The van der Waals surface area contributed by atoms with Crippen LogP contribution in [0.15, 0.2) is 29.4 Å². The van der Waals surface area contributed by atoms with Crippen molar-refractivity contribution in [2.75, 3.05) is 27.2 Å². The maximum absolute atomic E-state index is 4.67. The lowest BCUT2D eigenvalue weighted by atomic mass is 10.1. The van der Waals surface area contributed by atoms with Gasteiger partial charge in [-0.25, -0.2) is 4.99 Å². The number of rotatable bonds is 7. The minimum Gasteiger partial charge on any atom is -0.357 e. The molecule has 0 amide bonds. The van der Waals surface area contributed by atoms with E-state index in [-0.39, 0.29) is 0 Å². The molecule has 3 rings (SSSR count). The molecule has 24 heavy (non-hydrogen) atoms. The van der Waals surface area contributed by atoms with Crippen LogP contribution in [0.5, 0.6) is 0 Å². The summed E-state index contributed by atoms with van der Waals surface area (Å²) in [7, 11) is 4.30. The van der Waals surface area contributed by atoms with Crippen LogP contribution >= 0.6 is 0 Å². The summed E-state index contributed by atoms with van der Waals surface area (Å²) in [6, 6.07) is 6.44. The molecule has 0 aromatic carbocycles. The van der Waals surface area contributed by atoms with Gasteiger partial charge in [-0.2, -0.15) is 0 Å². The molecule has 0 bridgehead atoms. The Morgan fingerprint density at radius 1 is 1.33 bits per heavy atom. The molecule has 130 valence electrons. The van der Waals surface area contributed by atoms with Crippen molar-refractivity contribution in [1.82, 2.24) is 30.1 Å². The first-order valence-electron chi connectivity index (χ1n) is 8.66. The lowest BCUT2D eigenvalue weighted by Crippen LogP contribution is -2.46. The number of nitrogens with zero attached hydrogens (tertiary/aromatic N) is 5. The van der Waals surface area contributed by atoms with Gasteiger partial charge in [0.05, 0.1) is 0 Å². The molecule has 1 fully saturated rings. The highest BCUT2D eigenvalue weighted by Crippen LogP contribution is 2.34. The van der Waals surface area contributed by atoms with Gasteiger partial charge >= 0.3 is 0 Å². The van der Waals surface area contributed by atoms with Crippen molar-refractivity contribution >= 4 is 11.6 Å². The van der Waals surface area contributed by atoms with E-state index in [1.807, 2.05) is 28.8 Å². The molecule has 2 aromatic rings. The number of nitrogens with one attached hydrogen (secondary N) is 2. The lowest BCUT2D eigenvalue weighted by Gasteiger charge is -2.25. The fourth-order valence-corrected chi connectivity index (χ4v) is 2.94. The first kappa shape index (κ1) is 16.7. The third-order valence-corrected chi connectivity index (χ3v) is 4.42. The molecular formula is C17H27N7. The van der Waals surface area contributed by atoms with Crippen molar-refractivity contribution in [2.24, 2.45) is 10.9 Å². The topological polar surface area (TPSA) is 69.8 Å². The van der Waals surface area contributed by atoms with Crippen molar-refractivity contribution in [3.63, 3.8) is 0 Å². The molecular weight excluding hydrogens is 302 g/mol.